The van der Waals surface area contributed by atoms with Gasteiger partial charge < -0.3 is 20.5 Å². The summed E-state index contributed by atoms with van der Waals surface area (Å²) in [6.07, 6.45) is 6.77. The zero-order valence-corrected chi connectivity index (χ0v) is 11.3. The van der Waals surface area contributed by atoms with Crippen molar-refractivity contribution in [3.63, 3.8) is 0 Å². The number of nitrogens with zero attached hydrogens (tertiary/aromatic N) is 2. The second-order valence-corrected chi connectivity index (χ2v) is 5.60. The Morgan fingerprint density at radius 1 is 1.37 bits per heavy atom. The molecule has 0 atom stereocenters. The van der Waals surface area contributed by atoms with Crippen molar-refractivity contribution in [2.75, 3.05) is 31.9 Å². The Kier molecular flexibility index (Phi) is 3.46. The predicted octanol–water partition coefficient (Wildman–Crippen LogP) is 1.23. The summed E-state index contributed by atoms with van der Waals surface area (Å²) in [7, 11) is 0. The van der Waals surface area contributed by atoms with Crippen LogP contribution in [0.4, 0.5) is 5.69 Å². The summed E-state index contributed by atoms with van der Waals surface area (Å²) >= 11 is 0. The van der Waals surface area contributed by atoms with Crippen molar-refractivity contribution >= 4 is 11.6 Å². The lowest BCUT2D eigenvalue weighted by molar-refractivity contribution is 0.0940. The Balaban J connectivity index is 1.54. The first-order valence-electron chi connectivity index (χ1n) is 7.22. The van der Waals surface area contributed by atoms with Crippen LogP contribution < -0.4 is 11.1 Å². The molecule has 1 amide bonds. The molecule has 3 N–H and O–H groups in total. The van der Waals surface area contributed by atoms with Gasteiger partial charge in [0.1, 0.15) is 5.69 Å². The van der Waals surface area contributed by atoms with Gasteiger partial charge in [-0.05, 0) is 44.8 Å². The molecule has 0 unspecified atom stereocenters. The molecule has 1 aliphatic heterocycles. The minimum Gasteiger partial charge on any atom is -0.397 e. The van der Waals surface area contributed by atoms with E-state index in [-0.39, 0.29) is 5.91 Å². The fourth-order valence-electron chi connectivity index (χ4n) is 2.76. The van der Waals surface area contributed by atoms with Crippen molar-refractivity contribution in [3.8, 4) is 0 Å². The van der Waals surface area contributed by atoms with Gasteiger partial charge in [0.25, 0.3) is 5.91 Å². The zero-order valence-electron chi connectivity index (χ0n) is 11.3. The number of carbonyl (C=O) groups is 1. The van der Waals surface area contributed by atoms with Gasteiger partial charge in [0.05, 0.1) is 5.69 Å². The van der Waals surface area contributed by atoms with Gasteiger partial charge in [-0.1, -0.05) is 0 Å². The SMILES string of the molecule is Nc1cc(C(=O)NCCN2CCCC2)n(C2CC2)c1. The second kappa shape index (κ2) is 5.25. The van der Waals surface area contributed by atoms with Crippen LogP contribution >= 0.6 is 0 Å². The summed E-state index contributed by atoms with van der Waals surface area (Å²) in [5, 5.41) is 3.01. The monoisotopic (exact) mass is 262 g/mol. The van der Waals surface area contributed by atoms with Crippen LogP contribution in [0.3, 0.4) is 0 Å². The molecular weight excluding hydrogens is 240 g/mol. The fraction of sp³-hybridized carbons (Fsp3) is 0.643. The fourth-order valence-corrected chi connectivity index (χ4v) is 2.76. The Morgan fingerprint density at radius 2 is 2.11 bits per heavy atom. The maximum atomic E-state index is 12.2. The maximum Gasteiger partial charge on any atom is 0.268 e. The van der Waals surface area contributed by atoms with E-state index in [1.54, 1.807) is 6.07 Å². The van der Waals surface area contributed by atoms with E-state index in [0.29, 0.717) is 24.0 Å². The summed E-state index contributed by atoms with van der Waals surface area (Å²) in [6, 6.07) is 2.26. The molecule has 3 rings (SSSR count). The van der Waals surface area contributed by atoms with Crippen LogP contribution in [-0.2, 0) is 0 Å². The molecule has 2 fully saturated rings. The van der Waals surface area contributed by atoms with Crippen molar-refractivity contribution in [3.05, 3.63) is 18.0 Å². The van der Waals surface area contributed by atoms with E-state index in [4.69, 9.17) is 5.73 Å². The van der Waals surface area contributed by atoms with E-state index in [1.807, 2.05) is 10.8 Å². The molecule has 2 aliphatic rings. The normalized spacial score (nSPS) is 19.8. The summed E-state index contributed by atoms with van der Waals surface area (Å²) in [5.74, 6) is 0.00259. The van der Waals surface area contributed by atoms with Gasteiger partial charge in [-0.3, -0.25) is 4.79 Å². The molecule has 5 nitrogen and oxygen atoms in total. The minimum atomic E-state index is 0.00259. The van der Waals surface area contributed by atoms with E-state index in [0.717, 1.165) is 19.4 Å². The van der Waals surface area contributed by atoms with Crippen LogP contribution in [-0.4, -0.2) is 41.6 Å². The highest BCUT2D eigenvalue weighted by Gasteiger charge is 2.27. The molecule has 0 radical (unpaired) electrons. The van der Waals surface area contributed by atoms with Gasteiger partial charge in [0, 0.05) is 25.3 Å². The number of hydrogen-bond donors (Lipinski definition) is 2. The lowest BCUT2D eigenvalue weighted by atomic mass is 10.3. The Morgan fingerprint density at radius 3 is 2.79 bits per heavy atom. The number of nitrogen functional groups attached to an aromatic ring is 1. The van der Waals surface area contributed by atoms with E-state index < -0.39 is 0 Å². The first kappa shape index (κ1) is 12.5. The molecule has 1 aliphatic carbocycles. The summed E-state index contributed by atoms with van der Waals surface area (Å²) in [6.45, 7) is 4.00. The number of anilines is 1. The number of likely N-dealkylation sites (tertiary alicyclic amines) is 1. The first-order chi connectivity index (χ1) is 9.24. The molecular formula is C14H22N4O. The van der Waals surface area contributed by atoms with Crippen LogP contribution in [0, 0.1) is 0 Å². The molecule has 0 aromatic carbocycles. The molecule has 1 saturated heterocycles. The van der Waals surface area contributed by atoms with Crippen molar-refractivity contribution in [2.45, 2.75) is 31.7 Å². The van der Waals surface area contributed by atoms with Crippen LogP contribution in [0.2, 0.25) is 0 Å². The van der Waals surface area contributed by atoms with E-state index in [9.17, 15) is 4.79 Å². The highest BCUT2D eigenvalue weighted by Crippen LogP contribution is 2.37. The van der Waals surface area contributed by atoms with Gasteiger partial charge in [-0.2, -0.15) is 0 Å². The van der Waals surface area contributed by atoms with Gasteiger partial charge in [-0.25, -0.2) is 0 Å². The second-order valence-electron chi connectivity index (χ2n) is 5.60. The van der Waals surface area contributed by atoms with Crippen LogP contribution in [0.5, 0.6) is 0 Å². The standard InChI is InChI=1S/C14H22N4O/c15-11-9-13(18(10-11)12-3-4-12)14(19)16-5-8-17-6-1-2-7-17/h9-10,12H,1-8,15H2,(H,16,19). The van der Waals surface area contributed by atoms with Crippen LogP contribution in [0.25, 0.3) is 0 Å². The van der Waals surface area contributed by atoms with Crippen LogP contribution in [0.15, 0.2) is 12.3 Å². The third kappa shape index (κ3) is 2.92. The van der Waals surface area contributed by atoms with Crippen molar-refractivity contribution in [1.82, 2.24) is 14.8 Å². The Labute approximate surface area is 113 Å². The third-order valence-corrected chi connectivity index (χ3v) is 3.95. The van der Waals surface area contributed by atoms with Gasteiger partial charge in [0.15, 0.2) is 0 Å². The molecule has 1 saturated carbocycles. The summed E-state index contributed by atoms with van der Waals surface area (Å²) in [4.78, 5) is 14.6. The molecule has 0 bridgehead atoms. The van der Waals surface area contributed by atoms with E-state index >= 15 is 0 Å². The topological polar surface area (TPSA) is 63.3 Å². The summed E-state index contributed by atoms with van der Waals surface area (Å²) in [5.41, 5.74) is 7.19. The molecule has 0 spiro atoms. The van der Waals surface area contributed by atoms with E-state index in [2.05, 4.69) is 10.2 Å². The Hall–Kier alpha value is -1.49. The smallest absolute Gasteiger partial charge is 0.268 e. The van der Waals surface area contributed by atoms with Gasteiger partial charge >= 0.3 is 0 Å². The highest BCUT2D eigenvalue weighted by atomic mass is 16.1. The number of hydrogen-bond acceptors (Lipinski definition) is 3. The molecule has 5 heteroatoms. The third-order valence-electron chi connectivity index (χ3n) is 3.95. The first-order valence-corrected chi connectivity index (χ1v) is 7.22. The van der Waals surface area contributed by atoms with Gasteiger partial charge in [0.2, 0.25) is 0 Å². The number of nitrogens with one attached hydrogen (secondary N) is 1. The van der Waals surface area contributed by atoms with Crippen molar-refractivity contribution in [1.29, 1.82) is 0 Å². The van der Waals surface area contributed by atoms with Crippen molar-refractivity contribution in [2.24, 2.45) is 0 Å². The maximum absolute atomic E-state index is 12.2. The number of carbonyl (C=O) groups excluding carboxylic acids is 1. The quantitative estimate of drug-likeness (QED) is 0.839. The lowest BCUT2D eigenvalue weighted by Crippen LogP contribution is -2.34. The molecule has 104 valence electrons. The van der Waals surface area contributed by atoms with Crippen LogP contribution in [0.1, 0.15) is 42.2 Å². The van der Waals surface area contributed by atoms with Gasteiger partial charge in [-0.15, -0.1) is 0 Å². The predicted molar refractivity (Wildman–Crippen MR) is 75.1 cm³/mol. The zero-order chi connectivity index (χ0) is 13.2. The Bertz CT molecular complexity index is 458. The average molecular weight is 262 g/mol. The number of nitrogens with two attached hydrogens (primary N) is 1. The van der Waals surface area contributed by atoms with E-state index in [1.165, 1.54) is 25.9 Å². The number of amides is 1. The average Bonchev–Trinajstić information content (AvgIpc) is 2.96. The molecule has 1 aromatic heterocycles. The molecule has 1 aromatic rings. The number of aromatic nitrogens is 1. The highest BCUT2D eigenvalue weighted by molar-refractivity contribution is 5.93. The summed E-state index contributed by atoms with van der Waals surface area (Å²) < 4.78 is 2.03. The molecule has 2 heterocycles. The largest absolute Gasteiger partial charge is 0.397 e. The molecule has 19 heavy (non-hydrogen) atoms. The lowest BCUT2D eigenvalue weighted by Gasteiger charge is -2.15. The van der Waals surface area contributed by atoms with Crippen molar-refractivity contribution < 1.29 is 4.79 Å². The number of rotatable bonds is 5. The minimum absolute atomic E-state index is 0.00259.